The Labute approximate surface area is 83.0 Å². The lowest BCUT2D eigenvalue weighted by molar-refractivity contribution is 0.718. The fraction of sp³-hybridized carbons (Fsp3) is 0.273. The van der Waals surface area contributed by atoms with Gasteiger partial charge >= 0.3 is 0 Å². The lowest BCUT2D eigenvalue weighted by Crippen LogP contribution is -2.18. The molecule has 0 spiro atoms. The summed E-state index contributed by atoms with van der Waals surface area (Å²) in [7, 11) is 1.65. The molecule has 3 nitrogen and oxygen atoms in total. The second-order valence-electron chi connectivity index (χ2n) is 2.66. The molecule has 3 heteroatoms. The molecule has 0 saturated carbocycles. The van der Waals surface area contributed by atoms with Crippen molar-refractivity contribution in [2.24, 2.45) is 7.05 Å². The van der Waals surface area contributed by atoms with Gasteiger partial charge in [0.05, 0.1) is 11.6 Å². The molecule has 0 atom stereocenters. The molecule has 74 valence electrons. The van der Waals surface area contributed by atoms with Crippen LogP contribution in [0.15, 0.2) is 35.3 Å². The van der Waals surface area contributed by atoms with Crippen LogP contribution in [0.3, 0.4) is 0 Å². The molecular weight excluding hydrogens is 176 g/mol. The topological polar surface area (TPSA) is 34.9 Å². The van der Waals surface area contributed by atoms with E-state index < -0.39 is 0 Å². The average molecular weight is 190 g/mol. The molecule has 0 fully saturated rings. The van der Waals surface area contributed by atoms with Gasteiger partial charge < -0.3 is 0 Å². The first-order chi connectivity index (χ1) is 6.79. The second-order valence-corrected chi connectivity index (χ2v) is 2.66. The summed E-state index contributed by atoms with van der Waals surface area (Å²) in [5, 5.41) is 5.52. The smallest absolute Gasteiger partial charge is 0.267 e. The standard InChI is InChI=1S/C9H8N2O.C2H6/c1-11-9(12)8-5-3-2-4-7(8)6-10-11;1-2/h2-6H,1H3;1-2H3. The maximum atomic E-state index is 11.4. The molecule has 0 saturated heterocycles. The van der Waals surface area contributed by atoms with Crippen molar-refractivity contribution in [3.05, 3.63) is 40.8 Å². The van der Waals surface area contributed by atoms with E-state index in [-0.39, 0.29) is 5.56 Å². The molecule has 14 heavy (non-hydrogen) atoms. The van der Waals surface area contributed by atoms with Gasteiger partial charge in [-0.3, -0.25) is 4.79 Å². The minimum atomic E-state index is -0.0481. The summed E-state index contributed by atoms with van der Waals surface area (Å²) in [5.74, 6) is 0. The highest BCUT2D eigenvalue weighted by Crippen LogP contribution is 2.05. The van der Waals surface area contributed by atoms with Crippen LogP contribution in [0.4, 0.5) is 0 Å². The highest BCUT2D eigenvalue weighted by Gasteiger charge is 1.97. The number of fused-ring (bicyclic) bond motifs is 1. The third-order valence-electron chi connectivity index (χ3n) is 1.86. The molecule has 1 heterocycles. The maximum absolute atomic E-state index is 11.4. The van der Waals surface area contributed by atoms with Gasteiger partial charge in [-0.05, 0) is 6.07 Å². The number of aryl methyl sites for hydroxylation is 1. The molecule has 1 aromatic heterocycles. The van der Waals surface area contributed by atoms with Gasteiger partial charge in [-0.2, -0.15) is 5.10 Å². The van der Waals surface area contributed by atoms with E-state index in [1.807, 2.05) is 32.0 Å². The summed E-state index contributed by atoms with van der Waals surface area (Å²) in [4.78, 5) is 11.4. The first-order valence-electron chi connectivity index (χ1n) is 4.70. The Hall–Kier alpha value is -1.64. The summed E-state index contributed by atoms with van der Waals surface area (Å²) in [6, 6.07) is 7.43. The van der Waals surface area contributed by atoms with Crippen LogP contribution in [0.25, 0.3) is 10.8 Å². The van der Waals surface area contributed by atoms with E-state index in [1.165, 1.54) is 4.68 Å². The van der Waals surface area contributed by atoms with Gasteiger partial charge in [0.15, 0.2) is 0 Å². The fourth-order valence-electron chi connectivity index (χ4n) is 1.18. The van der Waals surface area contributed by atoms with Gasteiger partial charge in [0.25, 0.3) is 5.56 Å². The average Bonchev–Trinajstić information content (AvgIpc) is 2.27. The van der Waals surface area contributed by atoms with Crippen LogP contribution in [-0.4, -0.2) is 9.78 Å². The van der Waals surface area contributed by atoms with Gasteiger partial charge in [0.2, 0.25) is 0 Å². The zero-order valence-electron chi connectivity index (χ0n) is 8.69. The minimum Gasteiger partial charge on any atom is -0.267 e. The SMILES string of the molecule is CC.Cn1ncc2ccccc2c1=O. The third-order valence-corrected chi connectivity index (χ3v) is 1.86. The first kappa shape index (κ1) is 10.4. The van der Waals surface area contributed by atoms with E-state index in [2.05, 4.69) is 5.10 Å². The molecule has 0 amide bonds. The summed E-state index contributed by atoms with van der Waals surface area (Å²) in [6.45, 7) is 4.00. The van der Waals surface area contributed by atoms with E-state index in [1.54, 1.807) is 19.3 Å². The number of rotatable bonds is 0. The highest BCUT2D eigenvalue weighted by atomic mass is 16.1. The Balaban J connectivity index is 0.000000461. The Kier molecular flexibility index (Phi) is 3.40. The predicted molar refractivity (Wildman–Crippen MR) is 58.3 cm³/mol. The van der Waals surface area contributed by atoms with Crippen LogP contribution in [0, 0.1) is 0 Å². The van der Waals surface area contributed by atoms with Crippen LogP contribution in [0.1, 0.15) is 13.8 Å². The molecular formula is C11H14N2O. The van der Waals surface area contributed by atoms with Crippen LogP contribution >= 0.6 is 0 Å². The number of nitrogens with zero attached hydrogens (tertiary/aromatic N) is 2. The first-order valence-corrected chi connectivity index (χ1v) is 4.70. The molecule has 0 aliphatic carbocycles. The van der Waals surface area contributed by atoms with Crippen molar-refractivity contribution in [2.45, 2.75) is 13.8 Å². The lowest BCUT2D eigenvalue weighted by atomic mass is 10.2. The van der Waals surface area contributed by atoms with Crippen molar-refractivity contribution in [3.8, 4) is 0 Å². The zero-order chi connectivity index (χ0) is 10.6. The molecule has 0 aliphatic heterocycles. The summed E-state index contributed by atoms with van der Waals surface area (Å²) < 4.78 is 1.34. The van der Waals surface area contributed by atoms with Gasteiger partial charge in [0.1, 0.15) is 0 Å². The molecule has 0 unspecified atom stereocenters. The molecule has 0 radical (unpaired) electrons. The van der Waals surface area contributed by atoms with Gasteiger partial charge in [-0.15, -0.1) is 0 Å². The van der Waals surface area contributed by atoms with E-state index in [4.69, 9.17) is 0 Å². The van der Waals surface area contributed by atoms with E-state index in [9.17, 15) is 4.79 Å². The molecule has 0 aliphatic rings. The second kappa shape index (κ2) is 4.56. The van der Waals surface area contributed by atoms with Gasteiger partial charge in [0, 0.05) is 12.4 Å². The normalized spacial score (nSPS) is 9.36. The number of hydrogen-bond acceptors (Lipinski definition) is 2. The van der Waals surface area contributed by atoms with Crippen LogP contribution in [0.5, 0.6) is 0 Å². The van der Waals surface area contributed by atoms with Gasteiger partial charge in [-0.1, -0.05) is 32.0 Å². The van der Waals surface area contributed by atoms with Crippen molar-refractivity contribution in [1.29, 1.82) is 0 Å². The quantitative estimate of drug-likeness (QED) is 0.636. The van der Waals surface area contributed by atoms with Crippen molar-refractivity contribution in [1.82, 2.24) is 9.78 Å². The van der Waals surface area contributed by atoms with Crippen molar-refractivity contribution >= 4 is 10.8 Å². The number of hydrogen-bond donors (Lipinski definition) is 0. The summed E-state index contributed by atoms with van der Waals surface area (Å²) in [5.41, 5.74) is -0.0481. The largest absolute Gasteiger partial charge is 0.274 e. The van der Waals surface area contributed by atoms with Crippen LogP contribution < -0.4 is 5.56 Å². The third kappa shape index (κ3) is 1.82. The molecule has 0 bridgehead atoms. The van der Waals surface area contributed by atoms with Crippen molar-refractivity contribution in [3.63, 3.8) is 0 Å². The summed E-state index contributed by atoms with van der Waals surface area (Å²) in [6.07, 6.45) is 1.69. The fourth-order valence-corrected chi connectivity index (χ4v) is 1.18. The van der Waals surface area contributed by atoms with Gasteiger partial charge in [-0.25, -0.2) is 4.68 Å². The summed E-state index contributed by atoms with van der Waals surface area (Å²) >= 11 is 0. The number of benzene rings is 1. The van der Waals surface area contributed by atoms with Crippen molar-refractivity contribution < 1.29 is 0 Å². The monoisotopic (exact) mass is 190 g/mol. The lowest BCUT2D eigenvalue weighted by Gasteiger charge is -1.97. The minimum absolute atomic E-state index is 0.0481. The molecule has 1 aromatic carbocycles. The Morgan fingerprint density at radius 2 is 1.86 bits per heavy atom. The van der Waals surface area contributed by atoms with E-state index >= 15 is 0 Å². The van der Waals surface area contributed by atoms with E-state index in [0.29, 0.717) is 0 Å². The number of aromatic nitrogens is 2. The van der Waals surface area contributed by atoms with Crippen LogP contribution in [0.2, 0.25) is 0 Å². The maximum Gasteiger partial charge on any atom is 0.274 e. The highest BCUT2D eigenvalue weighted by molar-refractivity contribution is 5.80. The molecule has 0 N–H and O–H groups in total. The molecule has 2 aromatic rings. The Morgan fingerprint density at radius 3 is 2.57 bits per heavy atom. The predicted octanol–water partition coefficient (Wildman–Crippen LogP) is 1.96. The zero-order valence-corrected chi connectivity index (χ0v) is 8.69. The van der Waals surface area contributed by atoms with Crippen LogP contribution in [-0.2, 0) is 7.05 Å². The Bertz CT molecular complexity index is 474. The molecule has 2 rings (SSSR count). The van der Waals surface area contributed by atoms with E-state index in [0.717, 1.165) is 10.8 Å². The Morgan fingerprint density at radius 1 is 1.21 bits per heavy atom. The van der Waals surface area contributed by atoms with Crippen molar-refractivity contribution in [2.75, 3.05) is 0 Å².